The Balaban J connectivity index is 1.52. The molecule has 0 aromatic heterocycles. The molecule has 1 spiro atoms. The molecule has 2 saturated heterocycles. The average Bonchev–Trinajstić information content (AvgIpc) is 3.23. The molecule has 0 bridgehead atoms. The van der Waals surface area contributed by atoms with Crippen molar-refractivity contribution in [3.63, 3.8) is 0 Å². The molecule has 2 aliphatic heterocycles. The normalized spacial score (nSPS) is 29.3. The Morgan fingerprint density at radius 3 is 2.41 bits per heavy atom. The van der Waals surface area contributed by atoms with E-state index in [9.17, 15) is 23.2 Å². The molecule has 1 saturated carbocycles. The molecule has 1 aromatic carbocycles. The van der Waals surface area contributed by atoms with E-state index in [2.05, 4.69) is 10.6 Å². The Bertz CT molecular complexity index is 871. The minimum absolute atomic E-state index is 0.125. The van der Waals surface area contributed by atoms with E-state index >= 15 is 0 Å². The molecular formula is C20H24F2N4O3. The SMILES string of the molecule is CCC1(C(=O)N2CCN(c3ccc(F)c(F)c3)CC2)CCCC12NC(=O)NC2=O. The number of nitrogens with zero attached hydrogens (tertiary/aromatic N) is 2. The summed E-state index contributed by atoms with van der Waals surface area (Å²) in [6.45, 7) is 3.64. The van der Waals surface area contributed by atoms with Crippen molar-refractivity contribution in [2.45, 2.75) is 38.1 Å². The first-order valence-electron chi connectivity index (χ1n) is 9.96. The Morgan fingerprint density at radius 2 is 1.83 bits per heavy atom. The van der Waals surface area contributed by atoms with Gasteiger partial charge in [-0.3, -0.25) is 14.9 Å². The van der Waals surface area contributed by atoms with Crippen molar-refractivity contribution < 1.29 is 23.2 Å². The van der Waals surface area contributed by atoms with Crippen LogP contribution in [0.2, 0.25) is 0 Å². The van der Waals surface area contributed by atoms with E-state index in [0.717, 1.165) is 12.1 Å². The second kappa shape index (κ2) is 6.96. The number of piperazine rings is 1. The summed E-state index contributed by atoms with van der Waals surface area (Å²) in [7, 11) is 0. The van der Waals surface area contributed by atoms with Crippen molar-refractivity contribution >= 4 is 23.5 Å². The number of carbonyl (C=O) groups is 3. The number of halogens is 2. The molecule has 4 rings (SSSR count). The Labute approximate surface area is 167 Å². The van der Waals surface area contributed by atoms with Crippen molar-refractivity contribution in [3.05, 3.63) is 29.8 Å². The fraction of sp³-hybridized carbons (Fsp3) is 0.550. The van der Waals surface area contributed by atoms with Gasteiger partial charge >= 0.3 is 6.03 Å². The minimum Gasteiger partial charge on any atom is -0.368 e. The molecule has 0 radical (unpaired) electrons. The maximum Gasteiger partial charge on any atom is 0.322 e. The molecule has 7 nitrogen and oxygen atoms in total. The molecule has 2 unspecified atom stereocenters. The van der Waals surface area contributed by atoms with Crippen molar-refractivity contribution in [1.29, 1.82) is 0 Å². The van der Waals surface area contributed by atoms with Crippen LogP contribution < -0.4 is 15.5 Å². The number of anilines is 1. The van der Waals surface area contributed by atoms with E-state index in [4.69, 9.17) is 0 Å². The highest BCUT2D eigenvalue weighted by Gasteiger charge is 2.66. The molecule has 9 heteroatoms. The molecule has 2 heterocycles. The number of imide groups is 1. The van der Waals surface area contributed by atoms with Crippen LogP contribution in [0.25, 0.3) is 0 Å². The van der Waals surface area contributed by atoms with E-state index in [1.165, 1.54) is 6.07 Å². The highest BCUT2D eigenvalue weighted by molar-refractivity contribution is 6.10. The van der Waals surface area contributed by atoms with Crippen LogP contribution in [0.4, 0.5) is 19.3 Å². The molecule has 2 N–H and O–H groups in total. The Hall–Kier alpha value is -2.71. The zero-order valence-electron chi connectivity index (χ0n) is 16.3. The molecule has 1 aliphatic carbocycles. The van der Waals surface area contributed by atoms with Crippen LogP contribution in [0.1, 0.15) is 32.6 Å². The second-order valence-corrected chi connectivity index (χ2v) is 7.98. The number of urea groups is 1. The van der Waals surface area contributed by atoms with Gasteiger partial charge in [-0.1, -0.05) is 6.92 Å². The van der Waals surface area contributed by atoms with Gasteiger partial charge in [0.15, 0.2) is 11.6 Å². The predicted molar refractivity (Wildman–Crippen MR) is 101 cm³/mol. The lowest BCUT2D eigenvalue weighted by Crippen LogP contribution is -2.64. The smallest absolute Gasteiger partial charge is 0.322 e. The number of hydrogen-bond donors (Lipinski definition) is 2. The first-order chi connectivity index (χ1) is 13.8. The van der Waals surface area contributed by atoms with Crippen LogP contribution in [0.15, 0.2) is 18.2 Å². The van der Waals surface area contributed by atoms with Crippen LogP contribution in [0, 0.1) is 17.0 Å². The lowest BCUT2D eigenvalue weighted by atomic mass is 9.68. The second-order valence-electron chi connectivity index (χ2n) is 7.98. The Morgan fingerprint density at radius 1 is 1.10 bits per heavy atom. The molecule has 2 atom stereocenters. The fourth-order valence-electron chi connectivity index (χ4n) is 5.18. The molecular weight excluding hydrogens is 382 g/mol. The molecule has 3 aliphatic rings. The average molecular weight is 406 g/mol. The number of benzene rings is 1. The van der Waals surface area contributed by atoms with Gasteiger partial charge in [0, 0.05) is 37.9 Å². The number of hydrogen-bond acceptors (Lipinski definition) is 4. The van der Waals surface area contributed by atoms with Crippen molar-refractivity contribution in [3.8, 4) is 0 Å². The number of amides is 4. The quantitative estimate of drug-likeness (QED) is 0.750. The highest BCUT2D eigenvalue weighted by Crippen LogP contribution is 2.51. The van der Waals surface area contributed by atoms with E-state index in [1.807, 2.05) is 11.8 Å². The first kappa shape index (κ1) is 19.6. The number of nitrogens with one attached hydrogen (secondary N) is 2. The maximum absolute atomic E-state index is 13.6. The molecule has 156 valence electrons. The van der Waals surface area contributed by atoms with Gasteiger partial charge < -0.3 is 15.1 Å². The largest absolute Gasteiger partial charge is 0.368 e. The van der Waals surface area contributed by atoms with Crippen LogP contribution in [-0.2, 0) is 9.59 Å². The van der Waals surface area contributed by atoms with Gasteiger partial charge in [0.05, 0.1) is 5.41 Å². The lowest BCUT2D eigenvalue weighted by Gasteiger charge is -2.45. The van der Waals surface area contributed by atoms with Crippen molar-refractivity contribution in [2.24, 2.45) is 5.41 Å². The summed E-state index contributed by atoms with van der Waals surface area (Å²) in [4.78, 5) is 41.7. The summed E-state index contributed by atoms with van der Waals surface area (Å²) in [6, 6.07) is 3.22. The minimum atomic E-state index is -1.19. The predicted octanol–water partition coefficient (Wildman–Crippen LogP) is 1.77. The van der Waals surface area contributed by atoms with Crippen molar-refractivity contribution in [1.82, 2.24) is 15.5 Å². The van der Waals surface area contributed by atoms with E-state index in [0.29, 0.717) is 57.5 Å². The molecule has 29 heavy (non-hydrogen) atoms. The highest BCUT2D eigenvalue weighted by atomic mass is 19.2. The van der Waals surface area contributed by atoms with Gasteiger partial charge in [-0.25, -0.2) is 13.6 Å². The van der Waals surface area contributed by atoms with Crippen molar-refractivity contribution in [2.75, 3.05) is 31.1 Å². The van der Waals surface area contributed by atoms with Crippen LogP contribution in [0.3, 0.4) is 0 Å². The van der Waals surface area contributed by atoms with Crippen LogP contribution >= 0.6 is 0 Å². The van der Waals surface area contributed by atoms with E-state index in [1.54, 1.807) is 4.90 Å². The summed E-state index contributed by atoms with van der Waals surface area (Å²) in [5.74, 6) is -2.34. The van der Waals surface area contributed by atoms with Gasteiger partial charge in [-0.05, 0) is 37.8 Å². The summed E-state index contributed by atoms with van der Waals surface area (Å²) in [5.41, 5.74) is -1.58. The third-order valence-electron chi connectivity index (χ3n) is 6.76. The fourth-order valence-corrected chi connectivity index (χ4v) is 5.18. The van der Waals surface area contributed by atoms with Gasteiger partial charge in [0.25, 0.3) is 5.91 Å². The van der Waals surface area contributed by atoms with Crippen LogP contribution in [-0.4, -0.2) is 54.5 Å². The number of rotatable bonds is 3. The number of carbonyl (C=O) groups excluding carboxylic acids is 3. The molecule has 4 amide bonds. The first-order valence-corrected chi connectivity index (χ1v) is 9.96. The van der Waals surface area contributed by atoms with Gasteiger partial charge in [0.2, 0.25) is 5.91 Å². The third kappa shape index (κ3) is 2.86. The molecule has 1 aromatic rings. The van der Waals surface area contributed by atoms with Gasteiger partial charge in [0.1, 0.15) is 5.54 Å². The van der Waals surface area contributed by atoms with Gasteiger partial charge in [-0.15, -0.1) is 0 Å². The zero-order chi connectivity index (χ0) is 20.8. The maximum atomic E-state index is 13.6. The molecule has 3 fully saturated rings. The topological polar surface area (TPSA) is 81.8 Å². The third-order valence-corrected chi connectivity index (χ3v) is 6.76. The zero-order valence-corrected chi connectivity index (χ0v) is 16.3. The summed E-state index contributed by atoms with van der Waals surface area (Å²) in [5, 5.41) is 5.05. The lowest BCUT2D eigenvalue weighted by molar-refractivity contribution is -0.150. The Kier molecular flexibility index (Phi) is 4.71. The summed E-state index contributed by atoms with van der Waals surface area (Å²) < 4.78 is 26.7. The monoisotopic (exact) mass is 406 g/mol. The standard InChI is InChI=1S/C20H24F2N4O3/c1-2-19(6-3-7-20(19)16(27)23-18(29)24-20)17(28)26-10-8-25(9-11-26)13-4-5-14(21)15(22)12-13/h4-5,12H,2-3,6-11H2,1H3,(H2,23,24,27,29). The van der Waals surface area contributed by atoms with Gasteiger partial charge in [-0.2, -0.15) is 0 Å². The van der Waals surface area contributed by atoms with E-state index in [-0.39, 0.29) is 5.91 Å². The summed E-state index contributed by atoms with van der Waals surface area (Å²) >= 11 is 0. The van der Waals surface area contributed by atoms with Crippen LogP contribution in [0.5, 0.6) is 0 Å². The van der Waals surface area contributed by atoms with E-state index < -0.39 is 34.5 Å². The summed E-state index contributed by atoms with van der Waals surface area (Å²) in [6.07, 6.45) is 2.11.